The van der Waals surface area contributed by atoms with Crippen molar-refractivity contribution >= 4 is 40.2 Å². The summed E-state index contributed by atoms with van der Waals surface area (Å²) in [6.07, 6.45) is 0.00901. The summed E-state index contributed by atoms with van der Waals surface area (Å²) in [7, 11) is -0.979. The zero-order chi connectivity index (χ0) is 17.7. The van der Waals surface area contributed by atoms with Gasteiger partial charge in [-0.1, -0.05) is 29.8 Å². The van der Waals surface area contributed by atoms with Crippen LogP contribution in [0.3, 0.4) is 0 Å². The first-order valence-electron chi connectivity index (χ1n) is 7.63. The number of rotatable bonds is 6. The first-order chi connectivity index (χ1) is 11.4. The molecule has 2 rings (SSSR count). The van der Waals surface area contributed by atoms with Crippen LogP contribution in [0.15, 0.2) is 24.3 Å². The van der Waals surface area contributed by atoms with Gasteiger partial charge in [0.1, 0.15) is 0 Å². The van der Waals surface area contributed by atoms with Crippen LogP contribution in [0.5, 0.6) is 0 Å². The minimum absolute atomic E-state index is 0. The van der Waals surface area contributed by atoms with E-state index >= 15 is 0 Å². The Morgan fingerprint density at radius 3 is 2.76 bits per heavy atom. The second-order valence-corrected chi connectivity index (χ2v) is 7.90. The number of carbonyl (C=O) groups is 1. The molecule has 0 amide bonds. The first-order valence-corrected chi connectivity index (χ1v) is 9.40. The van der Waals surface area contributed by atoms with E-state index in [1.54, 1.807) is 6.07 Å². The molecule has 0 aromatic heterocycles. The Hall–Kier alpha value is -0.900. The van der Waals surface area contributed by atoms with Crippen LogP contribution < -0.4 is 5.32 Å². The Morgan fingerprint density at radius 2 is 2.12 bits per heavy atom. The zero-order valence-electron chi connectivity index (χ0n) is 14.1. The monoisotopic (exact) mass is 411 g/mol. The van der Waals surface area contributed by atoms with Crippen molar-refractivity contribution in [2.45, 2.75) is 12.5 Å². The third-order valence-electron chi connectivity index (χ3n) is 4.01. The molecule has 0 bridgehead atoms. The molecule has 0 spiro atoms. The highest BCUT2D eigenvalue weighted by Gasteiger charge is 2.36. The fraction of sp³-hybridized carbons (Fsp3) is 0.533. The summed E-state index contributed by atoms with van der Waals surface area (Å²) in [5.41, 5.74) is 0.760. The molecule has 0 saturated carbocycles. The van der Waals surface area contributed by atoms with Gasteiger partial charge in [0.25, 0.3) is 10.2 Å². The van der Waals surface area contributed by atoms with Crippen molar-refractivity contribution < 1.29 is 17.9 Å². The highest BCUT2D eigenvalue weighted by atomic mass is 35.5. The summed E-state index contributed by atoms with van der Waals surface area (Å²) in [6, 6.07) is 6.83. The zero-order valence-corrected chi connectivity index (χ0v) is 16.5. The largest absolute Gasteiger partial charge is 0.469 e. The highest BCUT2D eigenvalue weighted by Crippen LogP contribution is 2.31. The summed E-state index contributed by atoms with van der Waals surface area (Å²) in [4.78, 5) is 11.3. The van der Waals surface area contributed by atoms with Crippen molar-refractivity contribution in [2.24, 2.45) is 0 Å². The van der Waals surface area contributed by atoms with E-state index in [-0.39, 0.29) is 25.4 Å². The lowest BCUT2D eigenvalue weighted by atomic mass is 10.1. The van der Waals surface area contributed by atoms with Gasteiger partial charge in [-0.3, -0.25) is 4.79 Å². The van der Waals surface area contributed by atoms with Crippen molar-refractivity contribution in [2.75, 3.05) is 40.3 Å². The Bertz CT molecular complexity index is 687. The van der Waals surface area contributed by atoms with E-state index in [1.807, 2.05) is 18.2 Å². The summed E-state index contributed by atoms with van der Waals surface area (Å²) in [5, 5.41) is 3.73. The van der Waals surface area contributed by atoms with Gasteiger partial charge in [-0.15, -0.1) is 12.4 Å². The average Bonchev–Trinajstić information content (AvgIpc) is 2.59. The van der Waals surface area contributed by atoms with Gasteiger partial charge in [-0.25, -0.2) is 0 Å². The number of hydrogen-bond donors (Lipinski definition) is 1. The molecule has 142 valence electrons. The molecule has 1 N–H and O–H groups in total. The second-order valence-electron chi connectivity index (χ2n) is 5.51. The van der Waals surface area contributed by atoms with Gasteiger partial charge in [0.2, 0.25) is 0 Å². The molecule has 0 radical (unpaired) electrons. The summed E-state index contributed by atoms with van der Waals surface area (Å²) in [5.74, 6) is -0.444. The fourth-order valence-corrected chi connectivity index (χ4v) is 4.39. The number of carbonyl (C=O) groups excluding carboxylic acids is 1. The smallest absolute Gasteiger partial charge is 0.306 e. The first kappa shape index (κ1) is 22.1. The molecule has 1 saturated heterocycles. The SMILES string of the molecule is COC(=O)CCN(C)S(=O)(=O)N1CCNCC1c1ccccc1Cl.Cl. The maximum atomic E-state index is 12.9. The second kappa shape index (κ2) is 9.70. The molecule has 1 aromatic rings. The van der Waals surface area contributed by atoms with E-state index < -0.39 is 22.2 Å². The molecule has 10 heteroatoms. The number of methoxy groups -OCH3 is 1. The number of halogens is 2. The lowest BCUT2D eigenvalue weighted by Crippen LogP contribution is -2.52. The maximum Gasteiger partial charge on any atom is 0.306 e. The van der Waals surface area contributed by atoms with Crippen molar-refractivity contribution in [3.63, 3.8) is 0 Å². The van der Waals surface area contributed by atoms with Crippen LogP contribution in [0.2, 0.25) is 5.02 Å². The van der Waals surface area contributed by atoms with Crippen molar-refractivity contribution in [3.8, 4) is 0 Å². The Balaban J connectivity index is 0.00000312. The molecule has 1 fully saturated rings. The maximum absolute atomic E-state index is 12.9. The number of ether oxygens (including phenoxy) is 1. The Labute approximate surface area is 159 Å². The molecule has 1 aliphatic rings. The van der Waals surface area contributed by atoms with E-state index in [9.17, 15) is 13.2 Å². The molecular weight excluding hydrogens is 389 g/mol. The van der Waals surface area contributed by atoms with Crippen LogP contribution in [0.25, 0.3) is 0 Å². The molecule has 1 heterocycles. The summed E-state index contributed by atoms with van der Waals surface area (Å²) in [6.45, 7) is 1.44. The van der Waals surface area contributed by atoms with Gasteiger partial charge in [0.15, 0.2) is 0 Å². The van der Waals surface area contributed by atoms with Gasteiger partial charge in [-0.05, 0) is 11.6 Å². The number of esters is 1. The highest BCUT2D eigenvalue weighted by molar-refractivity contribution is 7.86. The lowest BCUT2D eigenvalue weighted by molar-refractivity contribution is -0.140. The summed E-state index contributed by atoms with van der Waals surface area (Å²) >= 11 is 6.25. The van der Waals surface area contributed by atoms with Gasteiger partial charge in [0.05, 0.1) is 19.6 Å². The van der Waals surface area contributed by atoms with Gasteiger partial charge < -0.3 is 10.1 Å². The van der Waals surface area contributed by atoms with Crippen molar-refractivity contribution in [3.05, 3.63) is 34.9 Å². The molecular formula is C15H23Cl2N3O4S. The van der Waals surface area contributed by atoms with Crippen LogP contribution in [-0.2, 0) is 19.7 Å². The summed E-state index contributed by atoms with van der Waals surface area (Å²) < 4.78 is 33.0. The fourth-order valence-electron chi connectivity index (χ4n) is 2.62. The van der Waals surface area contributed by atoms with E-state index in [4.69, 9.17) is 11.6 Å². The van der Waals surface area contributed by atoms with Crippen molar-refractivity contribution in [1.29, 1.82) is 0 Å². The molecule has 1 unspecified atom stereocenters. The van der Waals surface area contributed by atoms with E-state index in [2.05, 4.69) is 10.1 Å². The minimum atomic E-state index is -3.72. The van der Waals surface area contributed by atoms with Crippen LogP contribution in [0.1, 0.15) is 18.0 Å². The number of benzene rings is 1. The molecule has 1 aromatic carbocycles. The number of piperazine rings is 1. The minimum Gasteiger partial charge on any atom is -0.469 e. The number of nitrogens with zero attached hydrogens (tertiary/aromatic N) is 2. The van der Waals surface area contributed by atoms with Crippen LogP contribution in [-0.4, -0.2) is 63.3 Å². The molecule has 0 aliphatic carbocycles. The topological polar surface area (TPSA) is 79.0 Å². The quantitative estimate of drug-likeness (QED) is 0.716. The van der Waals surface area contributed by atoms with E-state index in [0.717, 1.165) is 5.56 Å². The number of hydrogen-bond acceptors (Lipinski definition) is 5. The molecule has 25 heavy (non-hydrogen) atoms. The molecule has 7 nitrogen and oxygen atoms in total. The predicted molar refractivity (Wildman–Crippen MR) is 99.2 cm³/mol. The van der Waals surface area contributed by atoms with Crippen LogP contribution in [0, 0.1) is 0 Å². The van der Waals surface area contributed by atoms with E-state index in [0.29, 0.717) is 24.7 Å². The molecule has 1 aliphatic heterocycles. The van der Waals surface area contributed by atoms with Crippen LogP contribution in [0.4, 0.5) is 0 Å². The normalized spacial score (nSPS) is 18.6. The average molecular weight is 412 g/mol. The lowest BCUT2D eigenvalue weighted by Gasteiger charge is -2.37. The molecule has 1 atom stereocenters. The van der Waals surface area contributed by atoms with Gasteiger partial charge in [0, 0.05) is 38.2 Å². The van der Waals surface area contributed by atoms with E-state index in [1.165, 1.54) is 22.8 Å². The third kappa shape index (κ3) is 5.29. The standard InChI is InChI=1S/C15H22ClN3O4S.ClH/c1-18(9-7-15(20)23-2)24(21,22)19-10-8-17-11-14(19)12-5-3-4-6-13(12)16;/h3-6,14,17H,7-11H2,1-2H3;1H. The number of nitrogens with one attached hydrogen (secondary N) is 1. The Morgan fingerprint density at radius 1 is 1.44 bits per heavy atom. The van der Waals surface area contributed by atoms with Gasteiger partial charge >= 0.3 is 5.97 Å². The van der Waals surface area contributed by atoms with Crippen molar-refractivity contribution in [1.82, 2.24) is 13.9 Å². The van der Waals surface area contributed by atoms with Gasteiger partial charge in [-0.2, -0.15) is 17.0 Å². The Kier molecular flexibility index (Phi) is 8.59. The van der Waals surface area contributed by atoms with Crippen LogP contribution >= 0.6 is 24.0 Å². The third-order valence-corrected chi connectivity index (χ3v) is 6.35. The predicted octanol–water partition coefficient (Wildman–Crippen LogP) is 1.45.